The first-order valence-corrected chi connectivity index (χ1v) is 7.07. The third-order valence-corrected chi connectivity index (χ3v) is 3.22. The highest BCUT2D eigenvalue weighted by Crippen LogP contribution is 2.27. The van der Waals surface area contributed by atoms with E-state index in [0.717, 1.165) is 29.0 Å². The van der Waals surface area contributed by atoms with Gasteiger partial charge in [0.05, 0.1) is 6.61 Å². The molecular formula is C17H18N2O2. The van der Waals surface area contributed by atoms with E-state index in [1.54, 1.807) is 0 Å². The maximum atomic E-state index is 5.83. The number of oxazole rings is 1. The topological polar surface area (TPSA) is 47.3 Å². The Labute approximate surface area is 123 Å². The van der Waals surface area contributed by atoms with Crippen LogP contribution in [0.25, 0.3) is 22.6 Å². The average Bonchev–Trinajstić information content (AvgIpc) is 2.91. The van der Waals surface area contributed by atoms with E-state index in [1.807, 2.05) is 56.4 Å². The summed E-state index contributed by atoms with van der Waals surface area (Å²) in [5.74, 6) is 1.45. The number of rotatable bonds is 5. The number of hydrogen-bond acceptors (Lipinski definition) is 4. The maximum absolute atomic E-state index is 5.83. The van der Waals surface area contributed by atoms with Gasteiger partial charge in [-0.3, -0.25) is 0 Å². The predicted octanol–water partition coefficient (Wildman–Crippen LogP) is 3.61. The molecule has 0 aliphatic heterocycles. The molecule has 1 N–H and O–H groups in total. The van der Waals surface area contributed by atoms with Crippen molar-refractivity contribution in [1.29, 1.82) is 0 Å². The Morgan fingerprint density at radius 3 is 2.90 bits per heavy atom. The Balaban J connectivity index is 1.98. The van der Waals surface area contributed by atoms with Gasteiger partial charge in [0.2, 0.25) is 5.89 Å². The van der Waals surface area contributed by atoms with Gasteiger partial charge in [0.15, 0.2) is 5.58 Å². The fourth-order valence-corrected chi connectivity index (χ4v) is 2.30. The van der Waals surface area contributed by atoms with Crippen LogP contribution in [0.2, 0.25) is 0 Å². The second-order valence-electron chi connectivity index (χ2n) is 4.81. The average molecular weight is 282 g/mol. The summed E-state index contributed by atoms with van der Waals surface area (Å²) in [6.45, 7) is 3.43. The number of aromatic nitrogens is 1. The van der Waals surface area contributed by atoms with Gasteiger partial charge in [-0.05, 0) is 49.9 Å². The molecule has 0 saturated heterocycles. The Morgan fingerprint density at radius 1 is 1.19 bits per heavy atom. The number of ether oxygens (including phenoxy) is 1. The van der Waals surface area contributed by atoms with Crippen molar-refractivity contribution < 1.29 is 9.15 Å². The summed E-state index contributed by atoms with van der Waals surface area (Å²) in [5, 5.41) is 3.13. The summed E-state index contributed by atoms with van der Waals surface area (Å²) < 4.78 is 11.3. The lowest BCUT2D eigenvalue weighted by atomic mass is 10.2. The second-order valence-corrected chi connectivity index (χ2v) is 4.81. The highest BCUT2D eigenvalue weighted by atomic mass is 16.5. The highest BCUT2D eigenvalue weighted by molar-refractivity contribution is 5.77. The van der Waals surface area contributed by atoms with E-state index in [0.29, 0.717) is 12.5 Å². The molecule has 4 heteroatoms. The molecule has 0 fully saturated rings. The second kappa shape index (κ2) is 5.97. The third-order valence-electron chi connectivity index (χ3n) is 3.22. The molecule has 0 atom stereocenters. The maximum Gasteiger partial charge on any atom is 0.227 e. The van der Waals surface area contributed by atoms with Crippen molar-refractivity contribution in [3.63, 3.8) is 0 Å². The lowest BCUT2D eigenvalue weighted by Crippen LogP contribution is -2.04. The van der Waals surface area contributed by atoms with Gasteiger partial charge in [0.25, 0.3) is 0 Å². The SMILES string of the molecule is CCOc1cccc(-c2nc3cc(CNC)ccc3o2)c1. The van der Waals surface area contributed by atoms with Crippen LogP contribution in [-0.2, 0) is 6.54 Å². The van der Waals surface area contributed by atoms with Gasteiger partial charge in [0.1, 0.15) is 11.3 Å². The van der Waals surface area contributed by atoms with Crippen molar-refractivity contribution in [2.75, 3.05) is 13.7 Å². The first kappa shape index (κ1) is 13.6. The predicted molar refractivity (Wildman–Crippen MR) is 83.4 cm³/mol. The normalized spacial score (nSPS) is 11.0. The molecule has 0 aliphatic rings. The van der Waals surface area contributed by atoms with E-state index in [4.69, 9.17) is 9.15 Å². The van der Waals surface area contributed by atoms with E-state index >= 15 is 0 Å². The molecule has 0 aliphatic carbocycles. The van der Waals surface area contributed by atoms with Gasteiger partial charge in [-0.25, -0.2) is 4.98 Å². The number of hydrogen-bond donors (Lipinski definition) is 1. The van der Waals surface area contributed by atoms with Gasteiger partial charge in [0, 0.05) is 12.1 Å². The molecule has 0 amide bonds. The minimum absolute atomic E-state index is 0.619. The van der Waals surface area contributed by atoms with Crippen LogP contribution in [0.4, 0.5) is 0 Å². The van der Waals surface area contributed by atoms with E-state index < -0.39 is 0 Å². The quantitative estimate of drug-likeness (QED) is 0.776. The molecule has 2 aromatic carbocycles. The van der Waals surface area contributed by atoms with Crippen LogP contribution in [0, 0.1) is 0 Å². The number of benzene rings is 2. The smallest absolute Gasteiger partial charge is 0.227 e. The van der Waals surface area contributed by atoms with Crippen LogP contribution >= 0.6 is 0 Å². The third kappa shape index (κ3) is 2.90. The molecule has 0 unspecified atom stereocenters. The lowest BCUT2D eigenvalue weighted by molar-refractivity contribution is 0.340. The molecule has 0 saturated carbocycles. The van der Waals surface area contributed by atoms with Crippen molar-refractivity contribution in [2.45, 2.75) is 13.5 Å². The van der Waals surface area contributed by atoms with Gasteiger partial charge in [-0.2, -0.15) is 0 Å². The van der Waals surface area contributed by atoms with Crippen LogP contribution in [-0.4, -0.2) is 18.6 Å². The molecule has 1 heterocycles. The molecule has 0 bridgehead atoms. The van der Waals surface area contributed by atoms with Gasteiger partial charge in [-0.15, -0.1) is 0 Å². The summed E-state index contributed by atoms with van der Waals surface area (Å²) in [7, 11) is 1.93. The van der Waals surface area contributed by atoms with E-state index in [9.17, 15) is 0 Å². The molecule has 0 spiro atoms. The molecule has 1 aromatic heterocycles. The van der Waals surface area contributed by atoms with Crippen molar-refractivity contribution >= 4 is 11.1 Å². The van der Waals surface area contributed by atoms with Gasteiger partial charge < -0.3 is 14.5 Å². The fourth-order valence-electron chi connectivity index (χ4n) is 2.30. The Hall–Kier alpha value is -2.33. The zero-order valence-electron chi connectivity index (χ0n) is 12.2. The van der Waals surface area contributed by atoms with Crippen molar-refractivity contribution in [3.8, 4) is 17.2 Å². The van der Waals surface area contributed by atoms with Crippen LogP contribution in [0.15, 0.2) is 46.9 Å². The first-order chi connectivity index (χ1) is 10.3. The number of nitrogens with one attached hydrogen (secondary N) is 1. The van der Waals surface area contributed by atoms with Crippen LogP contribution < -0.4 is 10.1 Å². The standard InChI is InChI=1S/C17H18N2O2/c1-3-20-14-6-4-5-13(10-14)17-19-15-9-12(11-18-2)7-8-16(15)21-17/h4-10,18H,3,11H2,1-2H3. The molecule has 21 heavy (non-hydrogen) atoms. The molecule has 3 aromatic rings. The zero-order chi connectivity index (χ0) is 14.7. The molecule has 3 rings (SSSR count). The Morgan fingerprint density at radius 2 is 2.10 bits per heavy atom. The lowest BCUT2D eigenvalue weighted by Gasteiger charge is -2.03. The van der Waals surface area contributed by atoms with E-state index in [1.165, 1.54) is 5.56 Å². The fraction of sp³-hybridized carbons (Fsp3) is 0.235. The van der Waals surface area contributed by atoms with Crippen molar-refractivity contribution in [2.24, 2.45) is 0 Å². The minimum Gasteiger partial charge on any atom is -0.494 e. The van der Waals surface area contributed by atoms with Crippen LogP contribution in [0.3, 0.4) is 0 Å². The number of fused-ring (bicyclic) bond motifs is 1. The highest BCUT2D eigenvalue weighted by Gasteiger charge is 2.09. The summed E-state index contributed by atoms with van der Waals surface area (Å²) in [6, 6.07) is 13.9. The minimum atomic E-state index is 0.619. The number of nitrogens with zero attached hydrogens (tertiary/aromatic N) is 1. The summed E-state index contributed by atoms with van der Waals surface area (Å²) >= 11 is 0. The largest absolute Gasteiger partial charge is 0.494 e. The van der Waals surface area contributed by atoms with E-state index in [2.05, 4.69) is 10.3 Å². The van der Waals surface area contributed by atoms with Crippen LogP contribution in [0.5, 0.6) is 5.75 Å². The monoisotopic (exact) mass is 282 g/mol. The summed E-state index contributed by atoms with van der Waals surface area (Å²) in [4.78, 5) is 4.58. The Kier molecular flexibility index (Phi) is 3.88. The summed E-state index contributed by atoms with van der Waals surface area (Å²) in [5.41, 5.74) is 3.78. The van der Waals surface area contributed by atoms with Gasteiger partial charge >= 0.3 is 0 Å². The molecule has 108 valence electrons. The molecule has 0 radical (unpaired) electrons. The van der Waals surface area contributed by atoms with Gasteiger partial charge in [-0.1, -0.05) is 12.1 Å². The zero-order valence-corrected chi connectivity index (χ0v) is 12.2. The Bertz CT molecular complexity index is 749. The van der Waals surface area contributed by atoms with Crippen LogP contribution in [0.1, 0.15) is 12.5 Å². The molecular weight excluding hydrogens is 264 g/mol. The first-order valence-electron chi connectivity index (χ1n) is 7.07. The summed E-state index contributed by atoms with van der Waals surface area (Å²) in [6.07, 6.45) is 0. The van der Waals surface area contributed by atoms with Crippen molar-refractivity contribution in [3.05, 3.63) is 48.0 Å². The van der Waals surface area contributed by atoms with Crippen molar-refractivity contribution in [1.82, 2.24) is 10.3 Å². The molecule has 4 nitrogen and oxygen atoms in total. The van der Waals surface area contributed by atoms with E-state index in [-0.39, 0.29) is 0 Å².